The van der Waals surface area contributed by atoms with Crippen molar-refractivity contribution in [1.82, 2.24) is 4.90 Å². The van der Waals surface area contributed by atoms with Crippen LogP contribution in [-0.4, -0.2) is 36.5 Å². The van der Waals surface area contributed by atoms with Gasteiger partial charge < -0.3 is 15.4 Å². The van der Waals surface area contributed by atoms with E-state index in [9.17, 15) is 4.79 Å². The molecule has 1 heterocycles. The summed E-state index contributed by atoms with van der Waals surface area (Å²) in [5.41, 5.74) is 6.91. The maximum atomic E-state index is 11.9. The molecule has 0 saturated carbocycles. The van der Waals surface area contributed by atoms with Gasteiger partial charge >= 0.3 is 0 Å². The molecule has 1 atom stereocenters. The van der Waals surface area contributed by atoms with E-state index in [1.165, 1.54) is 0 Å². The minimum Gasteiger partial charge on any atom is -0.483 e. The fourth-order valence-corrected chi connectivity index (χ4v) is 2.18. The van der Waals surface area contributed by atoms with E-state index >= 15 is 0 Å². The largest absolute Gasteiger partial charge is 0.483 e. The topological polar surface area (TPSA) is 55.6 Å². The summed E-state index contributed by atoms with van der Waals surface area (Å²) in [7, 11) is 0. The number of amides is 1. The molecule has 1 unspecified atom stereocenters. The number of carbonyl (C=O) groups is 1. The number of likely N-dealkylation sites (tertiary alicyclic amines) is 1. The first kappa shape index (κ1) is 12.9. The highest BCUT2D eigenvalue weighted by Gasteiger charge is 2.23. The lowest BCUT2D eigenvalue weighted by Crippen LogP contribution is -2.35. The van der Waals surface area contributed by atoms with Gasteiger partial charge in [0.25, 0.3) is 5.91 Å². The molecule has 2 rings (SSSR count). The Hall–Kier alpha value is -1.55. The highest BCUT2D eigenvalue weighted by Crippen LogP contribution is 2.18. The number of rotatable bonds is 4. The Balaban J connectivity index is 1.89. The van der Waals surface area contributed by atoms with Gasteiger partial charge in [-0.05, 0) is 24.5 Å². The van der Waals surface area contributed by atoms with Crippen molar-refractivity contribution < 1.29 is 9.53 Å². The Morgan fingerprint density at radius 2 is 2.28 bits per heavy atom. The second-order valence-electron chi connectivity index (χ2n) is 4.64. The first-order valence-electron chi connectivity index (χ1n) is 6.44. The quantitative estimate of drug-likeness (QED) is 0.870. The fourth-order valence-electron chi connectivity index (χ4n) is 2.18. The summed E-state index contributed by atoms with van der Waals surface area (Å²) in [4.78, 5) is 13.7. The molecule has 1 aliphatic heterocycles. The fraction of sp³-hybridized carbons (Fsp3) is 0.500. The Labute approximate surface area is 108 Å². The van der Waals surface area contributed by atoms with E-state index in [0.29, 0.717) is 6.54 Å². The van der Waals surface area contributed by atoms with Crippen molar-refractivity contribution in [3.63, 3.8) is 0 Å². The lowest BCUT2D eigenvalue weighted by atomic mass is 10.1. The van der Waals surface area contributed by atoms with Gasteiger partial charge in [0.05, 0.1) is 0 Å². The third kappa shape index (κ3) is 3.01. The Morgan fingerprint density at radius 1 is 1.50 bits per heavy atom. The molecule has 18 heavy (non-hydrogen) atoms. The molecule has 0 bridgehead atoms. The summed E-state index contributed by atoms with van der Waals surface area (Å²) in [5, 5.41) is 0. The van der Waals surface area contributed by atoms with Crippen LogP contribution in [0, 0.1) is 0 Å². The van der Waals surface area contributed by atoms with Crippen LogP contribution in [0.3, 0.4) is 0 Å². The molecule has 1 aliphatic rings. The first-order chi connectivity index (χ1) is 8.70. The molecule has 0 aromatic heterocycles. The zero-order chi connectivity index (χ0) is 13.0. The van der Waals surface area contributed by atoms with Gasteiger partial charge in [-0.3, -0.25) is 4.79 Å². The second kappa shape index (κ2) is 5.87. The lowest BCUT2D eigenvalue weighted by molar-refractivity contribution is -0.132. The standard InChI is InChI=1S/C14H20N2O2/c1-2-11-5-3-4-6-13(11)18-10-14(17)16-8-7-12(15)9-16/h3-6,12H,2,7-10,15H2,1H3. The highest BCUT2D eigenvalue weighted by atomic mass is 16.5. The molecule has 98 valence electrons. The van der Waals surface area contributed by atoms with Crippen molar-refractivity contribution in [2.75, 3.05) is 19.7 Å². The molecule has 0 radical (unpaired) electrons. The van der Waals surface area contributed by atoms with Crippen LogP contribution in [0.4, 0.5) is 0 Å². The number of hydrogen-bond acceptors (Lipinski definition) is 3. The van der Waals surface area contributed by atoms with E-state index < -0.39 is 0 Å². The van der Waals surface area contributed by atoms with Crippen molar-refractivity contribution in [1.29, 1.82) is 0 Å². The molecule has 2 N–H and O–H groups in total. The predicted octanol–water partition coefficient (Wildman–Crippen LogP) is 1.19. The van der Waals surface area contributed by atoms with E-state index in [4.69, 9.17) is 10.5 Å². The van der Waals surface area contributed by atoms with Crippen LogP contribution >= 0.6 is 0 Å². The van der Waals surface area contributed by atoms with Gasteiger partial charge in [-0.15, -0.1) is 0 Å². The van der Waals surface area contributed by atoms with Crippen LogP contribution < -0.4 is 10.5 Å². The molecule has 4 nitrogen and oxygen atoms in total. The summed E-state index contributed by atoms with van der Waals surface area (Å²) < 4.78 is 5.61. The maximum Gasteiger partial charge on any atom is 0.260 e. The van der Waals surface area contributed by atoms with Gasteiger partial charge in [-0.25, -0.2) is 0 Å². The summed E-state index contributed by atoms with van der Waals surface area (Å²) in [5.74, 6) is 0.825. The average molecular weight is 248 g/mol. The van der Waals surface area contributed by atoms with Gasteiger partial charge in [0, 0.05) is 19.1 Å². The number of carbonyl (C=O) groups excluding carboxylic acids is 1. The van der Waals surface area contributed by atoms with Gasteiger partial charge in [-0.2, -0.15) is 0 Å². The van der Waals surface area contributed by atoms with E-state index in [2.05, 4.69) is 6.92 Å². The third-order valence-corrected chi connectivity index (χ3v) is 3.28. The summed E-state index contributed by atoms with van der Waals surface area (Å²) >= 11 is 0. The van der Waals surface area contributed by atoms with Crippen LogP contribution in [0.15, 0.2) is 24.3 Å². The molecule has 1 aromatic carbocycles. The Kier molecular flexibility index (Phi) is 4.20. The number of benzene rings is 1. The van der Waals surface area contributed by atoms with Crippen LogP contribution in [-0.2, 0) is 11.2 Å². The molecule has 1 fully saturated rings. The summed E-state index contributed by atoms with van der Waals surface area (Å²) in [6.07, 6.45) is 1.79. The maximum absolute atomic E-state index is 11.9. The Morgan fingerprint density at radius 3 is 2.94 bits per heavy atom. The van der Waals surface area contributed by atoms with E-state index in [-0.39, 0.29) is 18.6 Å². The highest BCUT2D eigenvalue weighted by molar-refractivity contribution is 5.78. The molecule has 4 heteroatoms. The number of para-hydroxylation sites is 1. The first-order valence-corrected chi connectivity index (χ1v) is 6.44. The normalized spacial score (nSPS) is 19.0. The van der Waals surface area contributed by atoms with Gasteiger partial charge in [-0.1, -0.05) is 25.1 Å². The second-order valence-corrected chi connectivity index (χ2v) is 4.64. The molecule has 0 spiro atoms. The van der Waals surface area contributed by atoms with Crippen molar-refractivity contribution in [2.45, 2.75) is 25.8 Å². The van der Waals surface area contributed by atoms with Crippen LogP contribution in [0.25, 0.3) is 0 Å². The third-order valence-electron chi connectivity index (χ3n) is 3.28. The molecule has 1 saturated heterocycles. The van der Waals surface area contributed by atoms with E-state index in [1.54, 1.807) is 4.90 Å². The van der Waals surface area contributed by atoms with E-state index in [0.717, 1.165) is 30.7 Å². The number of hydrogen-bond donors (Lipinski definition) is 1. The van der Waals surface area contributed by atoms with Gasteiger partial charge in [0.1, 0.15) is 5.75 Å². The lowest BCUT2D eigenvalue weighted by Gasteiger charge is -2.17. The number of ether oxygens (including phenoxy) is 1. The number of nitrogens with two attached hydrogens (primary N) is 1. The van der Waals surface area contributed by atoms with Gasteiger partial charge in [0.15, 0.2) is 6.61 Å². The predicted molar refractivity (Wildman–Crippen MR) is 70.5 cm³/mol. The smallest absolute Gasteiger partial charge is 0.260 e. The summed E-state index contributed by atoms with van der Waals surface area (Å²) in [6, 6.07) is 7.95. The minimum absolute atomic E-state index is 0.0221. The minimum atomic E-state index is 0.0221. The van der Waals surface area contributed by atoms with Crippen LogP contribution in [0.1, 0.15) is 18.9 Å². The SMILES string of the molecule is CCc1ccccc1OCC(=O)N1CCC(N)C1. The molecular weight excluding hydrogens is 228 g/mol. The van der Waals surface area contributed by atoms with Crippen molar-refractivity contribution in [3.05, 3.63) is 29.8 Å². The van der Waals surface area contributed by atoms with Crippen molar-refractivity contribution >= 4 is 5.91 Å². The molecule has 1 aromatic rings. The van der Waals surface area contributed by atoms with Crippen LogP contribution in [0.5, 0.6) is 5.75 Å². The summed E-state index contributed by atoms with van der Waals surface area (Å²) in [6.45, 7) is 3.57. The monoisotopic (exact) mass is 248 g/mol. The van der Waals surface area contributed by atoms with Gasteiger partial charge in [0.2, 0.25) is 0 Å². The number of aryl methyl sites for hydroxylation is 1. The molecular formula is C14H20N2O2. The van der Waals surface area contributed by atoms with Crippen LogP contribution in [0.2, 0.25) is 0 Å². The van der Waals surface area contributed by atoms with E-state index in [1.807, 2.05) is 24.3 Å². The number of nitrogens with zero attached hydrogens (tertiary/aromatic N) is 1. The molecule has 1 amide bonds. The zero-order valence-corrected chi connectivity index (χ0v) is 10.8. The zero-order valence-electron chi connectivity index (χ0n) is 10.8. The van der Waals surface area contributed by atoms with Crippen molar-refractivity contribution in [3.8, 4) is 5.75 Å². The molecule has 0 aliphatic carbocycles. The average Bonchev–Trinajstić information content (AvgIpc) is 2.83. The Bertz CT molecular complexity index is 420. The van der Waals surface area contributed by atoms with Crippen molar-refractivity contribution in [2.24, 2.45) is 5.73 Å².